The predicted molar refractivity (Wildman–Crippen MR) is 83.9 cm³/mol. The standard InChI is InChI=1S/C16H15N3OS/c1-8-6-9(2)14-11(7-8)13(15-18-19-16(21)20-15)10-4-3-5-12(10)17-14/h6-7H,3-5H2,1-2H3,(H,19,21). The molecule has 0 radical (unpaired) electrons. The fraction of sp³-hybridized carbons (Fsp3) is 0.312. The summed E-state index contributed by atoms with van der Waals surface area (Å²) in [5.74, 6) is 0.579. The highest BCUT2D eigenvalue weighted by atomic mass is 32.1. The zero-order valence-corrected chi connectivity index (χ0v) is 12.8. The van der Waals surface area contributed by atoms with E-state index >= 15 is 0 Å². The Balaban J connectivity index is 2.18. The van der Waals surface area contributed by atoms with Gasteiger partial charge in [-0.1, -0.05) is 11.6 Å². The number of fused-ring (bicyclic) bond motifs is 2. The average molecular weight is 297 g/mol. The first kappa shape index (κ1) is 12.7. The Bertz CT molecular complexity index is 923. The second kappa shape index (κ2) is 4.49. The lowest BCUT2D eigenvalue weighted by molar-refractivity contribution is 0.552. The molecule has 21 heavy (non-hydrogen) atoms. The van der Waals surface area contributed by atoms with E-state index in [9.17, 15) is 0 Å². The Kier molecular flexibility index (Phi) is 2.72. The van der Waals surface area contributed by atoms with E-state index in [1.807, 2.05) is 0 Å². The summed E-state index contributed by atoms with van der Waals surface area (Å²) in [6, 6.07) is 4.33. The monoisotopic (exact) mass is 297 g/mol. The van der Waals surface area contributed by atoms with Crippen molar-refractivity contribution >= 4 is 23.1 Å². The maximum atomic E-state index is 5.60. The minimum atomic E-state index is 0.311. The molecule has 0 unspecified atom stereocenters. The Morgan fingerprint density at radius 2 is 2.10 bits per heavy atom. The first-order valence-corrected chi connectivity index (χ1v) is 7.53. The van der Waals surface area contributed by atoms with Crippen molar-refractivity contribution in [2.24, 2.45) is 0 Å². The molecule has 0 fully saturated rings. The number of aryl methyl sites for hydroxylation is 3. The third-order valence-corrected chi connectivity index (χ3v) is 4.28. The first-order chi connectivity index (χ1) is 10.1. The van der Waals surface area contributed by atoms with Crippen LogP contribution in [0, 0.1) is 18.7 Å². The molecule has 2 aromatic heterocycles. The van der Waals surface area contributed by atoms with Gasteiger partial charge in [0, 0.05) is 11.1 Å². The molecule has 4 rings (SSSR count). The predicted octanol–water partition coefficient (Wildman–Crippen LogP) is 4.05. The van der Waals surface area contributed by atoms with Crippen LogP contribution in [0.15, 0.2) is 16.5 Å². The molecule has 106 valence electrons. The van der Waals surface area contributed by atoms with Gasteiger partial charge in [-0.15, -0.1) is 5.10 Å². The van der Waals surface area contributed by atoms with E-state index < -0.39 is 0 Å². The second-order valence-electron chi connectivity index (χ2n) is 5.66. The summed E-state index contributed by atoms with van der Waals surface area (Å²) in [4.78, 5) is 5.19. The van der Waals surface area contributed by atoms with Crippen molar-refractivity contribution in [3.63, 3.8) is 0 Å². The molecule has 0 saturated carbocycles. The molecule has 0 spiro atoms. The van der Waals surface area contributed by atoms with Crippen LogP contribution in [-0.4, -0.2) is 15.2 Å². The third kappa shape index (κ3) is 1.92. The Morgan fingerprint density at radius 3 is 2.86 bits per heavy atom. The largest absolute Gasteiger partial charge is 0.409 e. The van der Waals surface area contributed by atoms with Crippen LogP contribution in [0.3, 0.4) is 0 Å². The van der Waals surface area contributed by atoms with Gasteiger partial charge in [0.1, 0.15) is 0 Å². The van der Waals surface area contributed by atoms with Crippen molar-refractivity contribution in [1.82, 2.24) is 15.2 Å². The molecule has 1 aliphatic carbocycles. The number of rotatable bonds is 1. The van der Waals surface area contributed by atoms with E-state index in [1.165, 1.54) is 22.4 Å². The molecule has 2 heterocycles. The number of benzene rings is 1. The molecule has 5 heteroatoms. The van der Waals surface area contributed by atoms with Crippen molar-refractivity contribution in [3.05, 3.63) is 39.4 Å². The molecule has 4 nitrogen and oxygen atoms in total. The van der Waals surface area contributed by atoms with Crippen molar-refractivity contribution in [2.75, 3.05) is 0 Å². The molecule has 1 aliphatic rings. The highest BCUT2D eigenvalue weighted by Gasteiger charge is 2.24. The van der Waals surface area contributed by atoms with E-state index in [2.05, 4.69) is 36.2 Å². The summed E-state index contributed by atoms with van der Waals surface area (Å²) in [5, 5.41) is 8.09. The van der Waals surface area contributed by atoms with Crippen LogP contribution in [0.5, 0.6) is 0 Å². The summed E-state index contributed by atoms with van der Waals surface area (Å²) in [6.07, 6.45) is 3.18. The van der Waals surface area contributed by atoms with Crippen LogP contribution < -0.4 is 0 Å². The van der Waals surface area contributed by atoms with Crippen molar-refractivity contribution in [2.45, 2.75) is 33.1 Å². The molecule has 0 saturated heterocycles. The third-order valence-electron chi connectivity index (χ3n) is 4.10. The lowest BCUT2D eigenvalue weighted by Gasteiger charge is -2.12. The topological polar surface area (TPSA) is 54.7 Å². The van der Waals surface area contributed by atoms with Gasteiger partial charge in [-0.2, -0.15) is 0 Å². The van der Waals surface area contributed by atoms with E-state index in [0.717, 1.165) is 35.7 Å². The van der Waals surface area contributed by atoms with Gasteiger partial charge in [0.25, 0.3) is 4.84 Å². The van der Waals surface area contributed by atoms with Crippen LogP contribution >= 0.6 is 12.2 Å². The molecule has 3 aromatic rings. The molecule has 0 bridgehead atoms. The number of nitrogens with one attached hydrogen (secondary N) is 1. The maximum absolute atomic E-state index is 5.60. The van der Waals surface area contributed by atoms with E-state index in [1.54, 1.807) is 0 Å². The van der Waals surface area contributed by atoms with E-state index in [-0.39, 0.29) is 0 Å². The maximum Gasteiger partial charge on any atom is 0.284 e. The Morgan fingerprint density at radius 1 is 1.24 bits per heavy atom. The first-order valence-electron chi connectivity index (χ1n) is 7.12. The fourth-order valence-electron chi connectivity index (χ4n) is 3.30. The second-order valence-corrected chi connectivity index (χ2v) is 6.03. The molecule has 0 atom stereocenters. The number of hydrogen-bond donors (Lipinski definition) is 1. The van der Waals surface area contributed by atoms with Crippen LogP contribution in [0.2, 0.25) is 0 Å². The summed E-state index contributed by atoms with van der Waals surface area (Å²) in [7, 11) is 0. The number of nitrogens with zero attached hydrogens (tertiary/aromatic N) is 2. The molecular weight excluding hydrogens is 282 g/mol. The summed E-state index contributed by atoms with van der Waals surface area (Å²) < 4.78 is 5.60. The van der Waals surface area contributed by atoms with Crippen LogP contribution in [0.4, 0.5) is 0 Å². The molecule has 0 amide bonds. The number of hydrogen-bond acceptors (Lipinski definition) is 4. The fourth-order valence-corrected chi connectivity index (χ4v) is 3.42. The van der Waals surface area contributed by atoms with Gasteiger partial charge in [0.2, 0.25) is 5.89 Å². The smallest absolute Gasteiger partial charge is 0.284 e. The number of H-pyrrole nitrogens is 1. The summed E-state index contributed by atoms with van der Waals surface area (Å²) in [6.45, 7) is 4.21. The summed E-state index contributed by atoms with van der Waals surface area (Å²) in [5.41, 5.74) is 6.95. The molecule has 1 aromatic carbocycles. The number of pyridine rings is 1. The van der Waals surface area contributed by atoms with Crippen molar-refractivity contribution in [1.29, 1.82) is 0 Å². The van der Waals surface area contributed by atoms with E-state index in [0.29, 0.717) is 10.7 Å². The quantitative estimate of drug-likeness (QED) is 0.688. The van der Waals surface area contributed by atoms with Crippen LogP contribution in [0.25, 0.3) is 22.4 Å². The highest BCUT2D eigenvalue weighted by Crippen LogP contribution is 2.37. The van der Waals surface area contributed by atoms with Gasteiger partial charge in [-0.25, -0.2) is 5.10 Å². The van der Waals surface area contributed by atoms with Gasteiger partial charge in [-0.05, 0) is 62.5 Å². The molecule has 0 aliphatic heterocycles. The highest BCUT2D eigenvalue weighted by molar-refractivity contribution is 7.71. The molecular formula is C16H15N3OS. The SMILES string of the molecule is Cc1cc(C)c2nc3c(c(-c4n[nH]c(=S)o4)c2c1)CCC3. The van der Waals surface area contributed by atoms with Gasteiger partial charge in [0.15, 0.2) is 0 Å². The lowest BCUT2D eigenvalue weighted by Crippen LogP contribution is -1.98. The van der Waals surface area contributed by atoms with Gasteiger partial charge < -0.3 is 4.42 Å². The van der Waals surface area contributed by atoms with Crippen molar-refractivity contribution < 1.29 is 4.42 Å². The normalized spacial score (nSPS) is 13.8. The minimum Gasteiger partial charge on any atom is -0.409 e. The van der Waals surface area contributed by atoms with Crippen LogP contribution in [-0.2, 0) is 12.8 Å². The van der Waals surface area contributed by atoms with E-state index in [4.69, 9.17) is 21.6 Å². The van der Waals surface area contributed by atoms with Gasteiger partial charge in [0.05, 0.1) is 11.1 Å². The average Bonchev–Trinajstić information content (AvgIpc) is 3.05. The minimum absolute atomic E-state index is 0.311. The van der Waals surface area contributed by atoms with Crippen LogP contribution in [0.1, 0.15) is 28.8 Å². The van der Waals surface area contributed by atoms with Gasteiger partial charge in [-0.3, -0.25) is 4.98 Å². The zero-order valence-electron chi connectivity index (χ0n) is 12.0. The number of aromatic nitrogens is 3. The summed E-state index contributed by atoms with van der Waals surface area (Å²) >= 11 is 5.03. The molecule has 1 N–H and O–H groups in total. The lowest BCUT2D eigenvalue weighted by atomic mass is 9.97. The Labute approximate surface area is 127 Å². The number of aromatic amines is 1. The van der Waals surface area contributed by atoms with Crippen molar-refractivity contribution in [3.8, 4) is 11.5 Å². The van der Waals surface area contributed by atoms with Gasteiger partial charge >= 0.3 is 0 Å². The zero-order chi connectivity index (χ0) is 14.6. The Hall–Kier alpha value is -2.01.